The highest BCUT2D eigenvalue weighted by molar-refractivity contribution is 5.42. The molecule has 2 nitrogen and oxygen atoms in total. The number of benzene rings is 1. The first-order valence-corrected chi connectivity index (χ1v) is 4.38. The van der Waals surface area contributed by atoms with E-state index in [1.54, 1.807) is 0 Å². The topological polar surface area (TPSA) is 29.5 Å². The predicted molar refractivity (Wildman–Crippen MR) is 48.9 cm³/mol. The number of phenolic OH excluding ortho intramolecular Hbond substituents is 1. The molecule has 0 bridgehead atoms. The minimum Gasteiger partial charge on any atom is -0.504 e. The fourth-order valence-corrected chi connectivity index (χ4v) is 1.10. The Kier molecular flexibility index (Phi) is 3.12. The Bertz CT molecular complexity index is 345. The SMILES string of the molecule is CC(C)c1ccc(OC(F)(F)F)c(O)c1. The van der Waals surface area contributed by atoms with Crippen molar-refractivity contribution in [1.29, 1.82) is 0 Å². The lowest BCUT2D eigenvalue weighted by Gasteiger charge is -2.12. The van der Waals surface area contributed by atoms with Crippen molar-refractivity contribution in [3.63, 3.8) is 0 Å². The van der Waals surface area contributed by atoms with E-state index in [1.165, 1.54) is 12.1 Å². The zero-order valence-electron chi connectivity index (χ0n) is 8.30. The number of hydrogen-bond acceptors (Lipinski definition) is 2. The molecule has 0 atom stereocenters. The van der Waals surface area contributed by atoms with Crippen molar-refractivity contribution in [3.05, 3.63) is 23.8 Å². The number of ether oxygens (including phenoxy) is 1. The van der Waals surface area contributed by atoms with E-state index in [9.17, 15) is 18.3 Å². The van der Waals surface area contributed by atoms with Gasteiger partial charge in [-0.05, 0) is 23.6 Å². The van der Waals surface area contributed by atoms with Crippen LogP contribution in [-0.2, 0) is 0 Å². The van der Waals surface area contributed by atoms with Gasteiger partial charge in [-0.1, -0.05) is 19.9 Å². The molecule has 0 heterocycles. The molecule has 0 amide bonds. The maximum atomic E-state index is 11.8. The fourth-order valence-electron chi connectivity index (χ4n) is 1.10. The monoisotopic (exact) mass is 220 g/mol. The van der Waals surface area contributed by atoms with E-state index < -0.39 is 17.9 Å². The number of hydrogen-bond donors (Lipinski definition) is 1. The average molecular weight is 220 g/mol. The molecule has 0 saturated carbocycles. The van der Waals surface area contributed by atoms with E-state index in [-0.39, 0.29) is 5.92 Å². The van der Waals surface area contributed by atoms with Crippen LogP contribution in [0.3, 0.4) is 0 Å². The molecule has 15 heavy (non-hydrogen) atoms. The molecular weight excluding hydrogens is 209 g/mol. The van der Waals surface area contributed by atoms with Crippen LogP contribution in [0.4, 0.5) is 13.2 Å². The number of aromatic hydroxyl groups is 1. The highest BCUT2D eigenvalue weighted by Gasteiger charge is 2.32. The second-order valence-electron chi connectivity index (χ2n) is 3.43. The summed E-state index contributed by atoms with van der Waals surface area (Å²) in [5, 5.41) is 9.28. The van der Waals surface area contributed by atoms with Crippen molar-refractivity contribution in [2.45, 2.75) is 26.1 Å². The van der Waals surface area contributed by atoms with Crippen molar-refractivity contribution in [3.8, 4) is 11.5 Å². The molecule has 0 spiro atoms. The smallest absolute Gasteiger partial charge is 0.504 e. The largest absolute Gasteiger partial charge is 0.573 e. The minimum atomic E-state index is -4.78. The number of phenols is 1. The van der Waals surface area contributed by atoms with Crippen molar-refractivity contribution in [2.75, 3.05) is 0 Å². The summed E-state index contributed by atoms with van der Waals surface area (Å²) >= 11 is 0. The summed E-state index contributed by atoms with van der Waals surface area (Å²) in [6.45, 7) is 3.75. The predicted octanol–water partition coefficient (Wildman–Crippen LogP) is 3.41. The second kappa shape index (κ2) is 4.00. The third kappa shape index (κ3) is 3.34. The van der Waals surface area contributed by atoms with Gasteiger partial charge in [0.25, 0.3) is 0 Å². The molecule has 0 fully saturated rings. The van der Waals surface area contributed by atoms with Crippen LogP contribution in [-0.4, -0.2) is 11.5 Å². The van der Waals surface area contributed by atoms with Gasteiger partial charge in [0.2, 0.25) is 0 Å². The van der Waals surface area contributed by atoms with Crippen molar-refractivity contribution >= 4 is 0 Å². The lowest BCUT2D eigenvalue weighted by molar-refractivity contribution is -0.275. The van der Waals surface area contributed by atoms with Crippen LogP contribution in [0.5, 0.6) is 11.5 Å². The van der Waals surface area contributed by atoms with Crippen LogP contribution in [0.25, 0.3) is 0 Å². The molecule has 84 valence electrons. The third-order valence-corrected chi connectivity index (χ3v) is 1.88. The van der Waals surface area contributed by atoms with Crippen molar-refractivity contribution < 1.29 is 23.0 Å². The lowest BCUT2D eigenvalue weighted by atomic mass is 10.0. The summed E-state index contributed by atoms with van der Waals surface area (Å²) in [4.78, 5) is 0. The van der Waals surface area contributed by atoms with Crippen LogP contribution in [0.1, 0.15) is 25.3 Å². The third-order valence-electron chi connectivity index (χ3n) is 1.88. The van der Waals surface area contributed by atoms with Gasteiger partial charge < -0.3 is 9.84 Å². The zero-order valence-corrected chi connectivity index (χ0v) is 8.30. The summed E-state index contributed by atoms with van der Waals surface area (Å²) < 4.78 is 39.2. The van der Waals surface area contributed by atoms with Crippen LogP contribution >= 0.6 is 0 Å². The van der Waals surface area contributed by atoms with Gasteiger partial charge in [0.1, 0.15) is 0 Å². The van der Waals surface area contributed by atoms with E-state index in [0.29, 0.717) is 0 Å². The molecule has 0 unspecified atom stereocenters. The van der Waals surface area contributed by atoms with E-state index in [0.717, 1.165) is 11.6 Å². The first-order chi connectivity index (χ1) is 6.79. The van der Waals surface area contributed by atoms with Gasteiger partial charge in [0, 0.05) is 0 Å². The summed E-state index contributed by atoms with van der Waals surface area (Å²) in [5.41, 5.74) is 0.752. The molecule has 1 N–H and O–H groups in total. The molecule has 0 aliphatic rings. The molecule has 1 aromatic carbocycles. The molecule has 5 heteroatoms. The molecule has 0 aliphatic heterocycles. The van der Waals surface area contributed by atoms with Crippen LogP contribution in [0.2, 0.25) is 0 Å². The maximum Gasteiger partial charge on any atom is 0.573 e. The van der Waals surface area contributed by atoms with Gasteiger partial charge >= 0.3 is 6.36 Å². The normalized spacial score (nSPS) is 11.9. The van der Waals surface area contributed by atoms with Gasteiger partial charge in [-0.15, -0.1) is 13.2 Å². The Morgan fingerprint density at radius 3 is 2.27 bits per heavy atom. The maximum absolute atomic E-state index is 11.8. The highest BCUT2D eigenvalue weighted by atomic mass is 19.4. The van der Waals surface area contributed by atoms with Gasteiger partial charge in [0.15, 0.2) is 11.5 Å². The van der Waals surface area contributed by atoms with Crippen molar-refractivity contribution in [1.82, 2.24) is 0 Å². The Balaban J connectivity index is 2.94. The minimum absolute atomic E-state index is 0.135. The molecule has 0 aliphatic carbocycles. The quantitative estimate of drug-likeness (QED) is 0.827. The van der Waals surface area contributed by atoms with Crippen LogP contribution < -0.4 is 4.74 Å². The van der Waals surface area contributed by atoms with Gasteiger partial charge in [0.05, 0.1) is 0 Å². The number of halogens is 3. The van der Waals surface area contributed by atoms with Gasteiger partial charge in [-0.2, -0.15) is 0 Å². The summed E-state index contributed by atoms with van der Waals surface area (Å²) in [6, 6.07) is 3.87. The van der Waals surface area contributed by atoms with Crippen molar-refractivity contribution in [2.24, 2.45) is 0 Å². The first kappa shape index (κ1) is 11.7. The highest BCUT2D eigenvalue weighted by Crippen LogP contribution is 2.33. The summed E-state index contributed by atoms with van der Waals surface area (Å²) in [7, 11) is 0. The number of alkyl halides is 3. The Morgan fingerprint density at radius 1 is 1.27 bits per heavy atom. The first-order valence-electron chi connectivity index (χ1n) is 4.38. The fraction of sp³-hybridized carbons (Fsp3) is 0.400. The molecule has 0 saturated heterocycles. The molecular formula is C10H11F3O2. The summed E-state index contributed by atoms with van der Waals surface area (Å²) in [6.07, 6.45) is -4.78. The van der Waals surface area contributed by atoms with E-state index in [4.69, 9.17) is 0 Å². The lowest BCUT2D eigenvalue weighted by Crippen LogP contribution is -2.17. The van der Waals surface area contributed by atoms with Crippen LogP contribution in [0, 0.1) is 0 Å². The van der Waals surface area contributed by atoms with E-state index in [1.807, 2.05) is 13.8 Å². The molecule has 1 rings (SSSR count). The standard InChI is InChI=1S/C10H11F3O2/c1-6(2)7-3-4-9(8(14)5-7)15-10(11,12)13/h3-6,14H,1-2H3. The molecule has 1 aromatic rings. The van der Waals surface area contributed by atoms with Crippen LogP contribution in [0.15, 0.2) is 18.2 Å². The van der Waals surface area contributed by atoms with Gasteiger partial charge in [-0.25, -0.2) is 0 Å². The second-order valence-corrected chi connectivity index (χ2v) is 3.43. The Labute approximate surface area is 85.3 Å². The van der Waals surface area contributed by atoms with E-state index >= 15 is 0 Å². The Morgan fingerprint density at radius 2 is 1.87 bits per heavy atom. The average Bonchev–Trinajstić information content (AvgIpc) is 2.05. The van der Waals surface area contributed by atoms with E-state index in [2.05, 4.69) is 4.74 Å². The molecule has 0 radical (unpaired) electrons. The Hall–Kier alpha value is -1.39. The molecule has 0 aromatic heterocycles. The number of rotatable bonds is 2. The summed E-state index contributed by atoms with van der Waals surface area (Å²) in [5.74, 6) is -0.943. The van der Waals surface area contributed by atoms with Gasteiger partial charge in [-0.3, -0.25) is 0 Å². The zero-order chi connectivity index (χ0) is 11.6.